The van der Waals surface area contributed by atoms with Gasteiger partial charge in [-0.2, -0.15) is 12.8 Å². The molecule has 34 heavy (non-hydrogen) atoms. The Hall–Kier alpha value is -3.11. The first-order valence-electron chi connectivity index (χ1n) is 10.7. The molecule has 0 bridgehead atoms. The van der Waals surface area contributed by atoms with Gasteiger partial charge in [0.1, 0.15) is 5.82 Å². The van der Waals surface area contributed by atoms with E-state index in [1.54, 1.807) is 6.92 Å². The predicted octanol–water partition coefficient (Wildman–Crippen LogP) is 4.71. The molecule has 0 amide bonds. The van der Waals surface area contributed by atoms with Crippen LogP contribution in [0, 0.1) is 18.7 Å². The summed E-state index contributed by atoms with van der Waals surface area (Å²) in [5.41, 5.74) is 2.31. The molecule has 2 N–H and O–H groups in total. The Morgan fingerprint density at radius 2 is 1.68 bits per heavy atom. The molecule has 2 heterocycles. The fourth-order valence-electron chi connectivity index (χ4n) is 3.15. The summed E-state index contributed by atoms with van der Waals surface area (Å²) in [5.74, 6) is -2.16. The topological polar surface area (TPSA) is 87.2 Å². The van der Waals surface area contributed by atoms with Crippen molar-refractivity contribution in [1.29, 1.82) is 0 Å². The van der Waals surface area contributed by atoms with Crippen molar-refractivity contribution in [1.82, 2.24) is 14.9 Å². The van der Waals surface area contributed by atoms with Crippen molar-refractivity contribution >= 4 is 21.5 Å². The predicted molar refractivity (Wildman–Crippen MR) is 129 cm³/mol. The Morgan fingerprint density at radius 1 is 1.00 bits per heavy atom. The van der Waals surface area contributed by atoms with Gasteiger partial charge in [0.05, 0.1) is 5.69 Å². The summed E-state index contributed by atoms with van der Waals surface area (Å²) >= 11 is 0. The van der Waals surface area contributed by atoms with Crippen LogP contribution in [0.25, 0.3) is 0 Å². The maximum Gasteiger partial charge on any atom is 0.283 e. The van der Waals surface area contributed by atoms with Crippen molar-refractivity contribution in [3.05, 3.63) is 77.1 Å². The van der Waals surface area contributed by atoms with Gasteiger partial charge in [0.25, 0.3) is 10.0 Å². The summed E-state index contributed by atoms with van der Waals surface area (Å²) < 4.78 is 56.2. The van der Waals surface area contributed by atoms with Crippen LogP contribution in [0.15, 0.2) is 53.6 Å². The fourth-order valence-corrected chi connectivity index (χ4v) is 4.25. The van der Waals surface area contributed by atoms with Gasteiger partial charge in [-0.15, -0.1) is 0 Å². The largest absolute Gasteiger partial charge is 0.378 e. The number of anilines is 2. The first-order valence-corrected chi connectivity index (χ1v) is 12.2. The molecule has 0 spiro atoms. The average molecular weight is 490 g/mol. The zero-order valence-corrected chi connectivity index (χ0v) is 20.7. The Morgan fingerprint density at radius 3 is 2.32 bits per heavy atom. The smallest absolute Gasteiger partial charge is 0.283 e. The summed E-state index contributed by atoms with van der Waals surface area (Å²) in [4.78, 5) is 9.54. The molecule has 3 aromatic rings. The minimum Gasteiger partial charge on any atom is -0.378 e. The van der Waals surface area contributed by atoms with Crippen LogP contribution >= 0.6 is 0 Å². The van der Waals surface area contributed by atoms with Gasteiger partial charge in [-0.1, -0.05) is 30.3 Å². The Balaban J connectivity index is 1.85. The van der Waals surface area contributed by atoms with Crippen molar-refractivity contribution in [2.24, 2.45) is 0 Å². The lowest BCUT2D eigenvalue weighted by molar-refractivity contribution is 0.167. The van der Waals surface area contributed by atoms with Crippen molar-refractivity contribution in [3.8, 4) is 0 Å². The van der Waals surface area contributed by atoms with Crippen LogP contribution in [0.3, 0.4) is 0 Å². The normalized spacial score (nSPS) is 12.1. The summed E-state index contributed by atoms with van der Waals surface area (Å²) in [7, 11) is -2.41. The fraction of sp³-hybridized carbons (Fsp3) is 0.333. The number of sulfonamides is 1. The summed E-state index contributed by atoms with van der Waals surface area (Å²) in [6, 6.07) is 12.9. The maximum atomic E-state index is 15.3. The van der Waals surface area contributed by atoms with E-state index >= 15 is 4.39 Å². The van der Waals surface area contributed by atoms with Crippen LogP contribution in [-0.4, -0.2) is 35.9 Å². The molecule has 0 saturated carbocycles. The third kappa shape index (κ3) is 6.27. The quantitative estimate of drug-likeness (QED) is 0.446. The van der Waals surface area contributed by atoms with Gasteiger partial charge in [0, 0.05) is 24.3 Å². The highest BCUT2D eigenvalue weighted by molar-refractivity contribution is 7.92. The molecule has 1 aromatic carbocycles. The van der Waals surface area contributed by atoms with Crippen molar-refractivity contribution in [2.45, 2.75) is 51.3 Å². The first kappa shape index (κ1) is 25.5. The number of pyridine rings is 2. The number of benzene rings is 1. The molecule has 0 radical (unpaired) electrons. The molecular formula is C24H29F2N5O2S. The lowest BCUT2D eigenvalue weighted by Gasteiger charge is -2.32. The summed E-state index contributed by atoms with van der Waals surface area (Å²) in [6.45, 7) is 8.92. The minimum atomic E-state index is -4.44. The van der Waals surface area contributed by atoms with E-state index in [1.165, 1.54) is 18.2 Å². The van der Waals surface area contributed by atoms with Gasteiger partial charge in [0.2, 0.25) is 11.0 Å². The monoisotopic (exact) mass is 489 g/mol. The maximum absolute atomic E-state index is 15.3. The Labute approximate surface area is 199 Å². The van der Waals surface area contributed by atoms with Crippen LogP contribution in [0.1, 0.15) is 37.6 Å². The van der Waals surface area contributed by atoms with Gasteiger partial charge in [0.15, 0.2) is 5.82 Å². The van der Waals surface area contributed by atoms with Gasteiger partial charge in [-0.05, 0) is 64.1 Å². The second-order valence-electron chi connectivity index (χ2n) is 9.03. The standard InChI is InChI=1S/C24H29F2N5O2S/c1-16-13-19(27-14-17-9-6-7-10-18(17)15-31(5)24(2,3)4)22(26)23(28-16)34(32,33)30-21-12-8-11-20(25)29-21/h6-13H,14-15H2,1-5H3,(H,27,28)(H,29,30). The Kier molecular flexibility index (Phi) is 7.52. The van der Waals surface area contributed by atoms with Gasteiger partial charge in [-0.3, -0.25) is 9.62 Å². The van der Waals surface area contributed by atoms with Crippen molar-refractivity contribution in [3.63, 3.8) is 0 Å². The Bertz CT molecular complexity index is 1280. The molecule has 7 nitrogen and oxygen atoms in total. The van der Waals surface area contributed by atoms with Crippen LogP contribution in [0.5, 0.6) is 0 Å². The van der Waals surface area contributed by atoms with E-state index in [9.17, 15) is 12.8 Å². The molecule has 0 aliphatic carbocycles. The lowest BCUT2D eigenvalue weighted by Crippen LogP contribution is -2.37. The number of nitrogens with one attached hydrogen (secondary N) is 2. The molecule has 10 heteroatoms. The van der Waals surface area contributed by atoms with E-state index < -0.39 is 26.8 Å². The zero-order valence-electron chi connectivity index (χ0n) is 19.9. The third-order valence-corrected chi connectivity index (χ3v) is 6.66. The molecule has 0 fully saturated rings. The van der Waals surface area contributed by atoms with Crippen LogP contribution < -0.4 is 10.0 Å². The number of rotatable bonds is 8. The number of aromatic nitrogens is 2. The molecule has 182 valence electrons. The highest BCUT2D eigenvalue weighted by atomic mass is 32.2. The molecule has 0 aliphatic rings. The van der Waals surface area contributed by atoms with Crippen LogP contribution in [-0.2, 0) is 23.1 Å². The van der Waals surface area contributed by atoms with Gasteiger partial charge >= 0.3 is 0 Å². The zero-order chi connectivity index (χ0) is 25.1. The van der Waals surface area contributed by atoms with Crippen LogP contribution in [0.4, 0.5) is 20.3 Å². The molecule has 3 rings (SSSR count). The number of nitrogens with zero attached hydrogens (tertiary/aromatic N) is 3. The second kappa shape index (κ2) is 10.0. The van der Waals surface area contributed by atoms with E-state index in [1.807, 2.05) is 31.3 Å². The molecule has 0 aliphatic heterocycles. The minimum absolute atomic E-state index is 0.000875. The number of hydrogen-bond donors (Lipinski definition) is 2. The average Bonchev–Trinajstić information content (AvgIpc) is 2.74. The number of halogens is 2. The number of hydrogen-bond acceptors (Lipinski definition) is 6. The third-order valence-electron chi connectivity index (χ3n) is 5.40. The van der Waals surface area contributed by atoms with E-state index in [0.717, 1.165) is 17.2 Å². The van der Waals surface area contributed by atoms with Crippen molar-refractivity contribution in [2.75, 3.05) is 17.1 Å². The second-order valence-corrected chi connectivity index (χ2v) is 10.6. The van der Waals surface area contributed by atoms with E-state index in [-0.39, 0.29) is 23.6 Å². The van der Waals surface area contributed by atoms with Gasteiger partial charge in [-0.25, -0.2) is 14.4 Å². The molecule has 0 atom stereocenters. The molecule has 2 aromatic heterocycles. The first-order chi connectivity index (χ1) is 15.9. The van der Waals surface area contributed by atoms with E-state index in [2.05, 4.69) is 45.7 Å². The SMILES string of the molecule is Cc1cc(NCc2ccccc2CN(C)C(C)(C)C)c(F)c(S(=O)(=O)Nc2cccc(F)n2)n1. The number of aryl methyl sites for hydroxylation is 1. The highest BCUT2D eigenvalue weighted by Gasteiger charge is 2.25. The van der Waals surface area contributed by atoms with E-state index in [4.69, 9.17) is 0 Å². The summed E-state index contributed by atoms with van der Waals surface area (Å²) in [5, 5.41) is 2.22. The highest BCUT2D eigenvalue weighted by Crippen LogP contribution is 2.25. The van der Waals surface area contributed by atoms with E-state index in [0.29, 0.717) is 12.2 Å². The van der Waals surface area contributed by atoms with Crippen LogP contribution in [0.2, 0.25) is 0 Å². The van der Waals surface area contributed by atoms with Crippen molar-refractivity contribution < 1.29 is 17.2 Å². The summed E-state index contributed by atoms with van der Waals surface area (Å²) in [6.07, 6.45) is 0. The molecule has 0 saturated heterocycles. The molecular weight excluding hydrogens is 460 g/mol. The lowest BCUT2D eigenvalue weighted by atomic mass is 10.0. The van der Waals surface area contributed by atoms with Gasteiger partial charge < -0.3 is 5.32 Å². The molecule has 0 unspecified atom stereocenters.